The topological polar surface area (TPSA) is 100 Å². The third-order valence-electron chi connectivity index (χ3n) is 6.05. The average Bonchev–Trinajstić information content (AvgIpc) is 3.32. The van der Waals surface area contributed by atoms with Crippen molar-refractivity contribution in [3.63, 3.8) is 0 Å². The van der Waals surface area contributed by atoms with Crippen molar-refractivity contribution >= 4 is 11.9 Å². The number of aromatic nitrogens is 3. The molecular formula is C21H23F4N5O3. The number of halogens is 4. The molecule has 12 heteroatoms. The van der Waals surface area contributed by atoms with Crippen molar-refractivity contribution in [2.24, 2.45) is 11.8 Å². The summed E-state index contributed by atoms with van der Waals surface area (Å²) in [5, 5.41) is 18.5. The molecule has 0 radical (unpaired) electrons. The first kappa shape index (κ1) is 23.1. The maximum absolute atomic E-state index is 13.9. The molecule has 178 valence electrons. The second kappa shape index (κ2) is 9.08. The van der Waals surface area contributed by atoms with Gasteiger partial charge in [-0.2, -0.15) is 13.2 Å². The summed E-state index contributed by atoms with van der Waals surface area (Å²) < 4.78 is 47.7. The van der Waals surface area contributed by atoms with Crippen LogP contribution in [0.3, 0.4) is 0 Å². The van der Waals surface area contributed by atoms with Gasteiger partial charge in [0.05, 0.1) is 0 Å². The van der Waals surface area contributed by atoms with Crippen molar-refractivity contribution in [3.05, 3.63) is 47.3 Å². The van der Waals surface area contributed by atoms with Crippen molar-refractivity contribution in [3.8, 4) is 0 Å². The number of carboxylic acids is 1. The van der Waals surface area contributed by atoms with E-state index < -0.39 is 12.1 Å². The minimum Gasteiger partial charge on any atom is -0.475 e. The van der Waals surface area contributed by atoms with Gasteiger partial charge in [-0.3, -0.25) is 9.69 Å². The highest BCUT2D eigenvalue weighted by Gasteiger charge is 2.40. The zero-order valence-electron chi connectivity index (χ0n) is 17.6. The van der Waals surface area contributed by atoms with Crippen molar-refractivity contribution < 1.29 is 32.3 Å². The zero-order valence-corrected chi connectivity index (χ0v) is 17.6. The molecule has 33 heavy (non-hydrogen) atoms. The van der Waals surface area contributed by atoms with E-state index in [0.29, 0.717) is 30.2 Å². The molecule has 2 atom stereocenters. The summed E-state index contributed by atoms with van der Waals surface area (Å²) >= 11 is 0. The van der Waals surface area contributed by atoms with Crippen LogP contribution in [0.25, 0.3) is 0 Å². The van der Waals surface area contributed by atoms with Crippen molar-refractivity contribution in [1.29, 1.82) is 0 Å². The number of alkyl halides is 3. The zero-order chi connectivity index (χ0) is 23.8. The Labute approximate surface area is 186 Å². The number of nitrogens with one attached hydrogen (secondary N) is 1. The summed E-state index contributed by atoms with van der Waals surface area (Å²) in [7, 11) is 0. The fraction of sp³-hybridized carbons (Fsp3) is 0.524. The van der Waals surface area contributed by atoms with Gasteiger partial charge in [0.1, 0.15) is 11.6 Å². The average molecular weight is 469 g/mol. The minimum atomic E-state index is -5.08. The van der Waals surface area contributed by atoms with Crippen LogP contribution in [0, 0.1) is 17.7 Å². The predicted molar refractivity (Wildman–Crippen MR) is 107 cm³/mol. The second-order valence-electron chi connectivity index (χ2n) is 8.61. The standard InChI is InChI=1S/C19H22FN5O.C2HF3O2/c20-16-4-2-1-3-12(16)8-24-9-13-7-17-22-23-18(19(26)21-15-5-6-15)25(17)11-14(13)10-24;3-2(4,5)1(6)7/h1-4,13-15H,5-11H2,(H,21,26);(H,6,7). The van der Waals surface area contributed by atoms with Gasteiger partial charge in [-0.15, -0.1) is 10.2 Å². The molecule has 2 fully saturated rings. The van der Waals surface area contributed by atoms with Gasteiger partial charge >= 0.3 is 12.1 Å². The van der Waals surface area contributed by atoms with Gasteiger partial charge in [0, 0.05) is 44.2 Å². The van der Waals surface area contributed by atoms with E-state index in [2.05, 4.69) is 20.4 Å². The Morgan fingerprint density at radius 1 is 1.09 bits per heavy atom. The number of nitrogens with zero attached hydrogens (tertiary/aromatic N) is 4. The molecule has 5 rings (SSSR count). The lowest BCUT2D eigenvalue weighted by Crippen LogP contribution is -2.33. The molecule has 2 aliphatic heterocycles. The first-order chi connectivity index (χ1) is 15.6. The summed E-state index contributed by atoms with van der Waals surface area (Å²) in [6.45, 7) is 3.26. The minimum absolute atomic E-state index is 0.106. The summed E-state index contributed by atoms with van der Waals surface area (Å²) in [5.74, 6) is -0.703. The Kier molecular flexibility index (Phi) is 6.37. The largest absolute Gasteiger partial charge is 0.490 e. The number of rotatable bonds is 4. The number of fused-ring (bicyclic) bond motifs is 2. The molecule has 1 aromatic heterocycles. The van der Waals surface area contributed by atoms with Crippen LogP contribution in [-0.4, -0.2) is 62.0 Å². The van der Waals surface area contributed by atoms with Crippen molar-refractivity contribution in [1.82, 2.24) is 25.0 Å². The quantitative estimate of drug-likeness (QED) is 0.667. The van der Waals surface area contributed by atoms with Crippen LogP contribution in [0.15, 0.2) is 24.3 Å². The SMILES string of the molecule is O=C(NC1CC1)c1nnc2n1CC1CN(Cc3ccccc3F)CC1C2.O=C(O)C(F)(F)F. The normalized spacial score (nSPS) is 22.1. The second-order valence-corrected chi connectivity index (χ2v) is 8.61. The predicted octanol–water partition coefficient (Wildman–Crippen LogP) is 2.25. The molecule has 8 nitrogen and oxygen atoms in total. The van der Waals surface area contributed by atoms with E-state index in [-0.39, 0.29) is 11.7 Å². The van der Waals surface area contributed by atoms with E-state index >= 15 is 0 Å². The number of hydrogen-bond donors (Lipinski definition) is 2. The van der Waals surface area contributed by atoms with Crippen LogP contribution in [-0.2, 0) is 24.3 Å². The van der Waals surface area contributed by atoms with Gasteiger partial charge in [0.15, 0.2) is 0 Å². The van der Waals surface area contributed by atoms with Gasteiger partial charge in [0.2, 0.25) is 5.82 Å². The first-order valence-electron chi connectivity index (χ1n) is 10.6. The number of likely N-dealkylation sites (tertiary alicyclic amines) is 1. The molecule has 0 spiro atoms. The Morgan fingerprint density at radius 2 is 1.76 bits per heavy atom. The fourth-order valence-electron chi connectivity index (χ4n) is 4.26. The van der Waals surface area contributed by atoms with Crippen LogP contribution in [0.5, 0.6) is 0 Å². The van der Waals surface area contributed by atoms with Gasteiger partial charge < -0.3 is 15.0 Å². The van der Waals surface area contributed by atoms with Crippen LogP contribution in [0.4, 0.5) is 17.6 Å². The molecule has 2 aromatic rings. The smallest absolute Gasteiger partial charge is 0.475 e. The monoisotopic (exact) mass is 469 g/mol. The summed E-state index contributed by atoms with van der Waals surface area (Å²) in [6.07, 6.45) is -2.13. The van der Waals surface area contributed by atoms with E-state index in [9.17, 15) is 22.4 Å². The van der Waals surface area contributed by atoms with E-state index in [4.69, 9.17) is 9.90 Å². The lowest BCUT2D eigenvalue weighted by molar-refractivity contribution is -0.192. The van der Waals surface area contributed by atoms with Gasteiger partial charge in [-0.25, -0.2) is 9.18 Å². The highest BCUT2D eigenvalue weighted by molar-refractivity contribution is 5.91. The van der Waals surface area contributed by atoms with Crippen LogP contribution >= 0.6 is 0 Å². The molecule has 1 aromatic carbocycles. The summed E-state index contributed by atoms with van der Waals surface area (Å²) in [5.41, 5.74) is 0.745. The third-order valence-corrected chi connectivity index (χ3v) is 6.05. The Hall–Kier alpha value is -3.02. The fourth-order valence-corrected chi connectivity index (χ4v) is 4.26. The Morgan fingerprint density at radius 3 is 2.39 bits per heavy atom. The molecule has 3 aliphatic rings. The molecule has 1 saturated carbocycles. The van der Waals surface area contributed by atoms with Gasteiger partial charge in [-0.1, -0.05) is 18.2 Å². The molecule has 2 N–H and O–H groups in total. The number of benzene rings is 1. The third kappa shape index (κ3) is 5.49. The van der Waals surface area contributed by atoms with E-state index in [1.54, 1.807) is 6.07 Å². The summed E-state index contributed by atoms with van der Waals surface area (Å²) in [4.78, 5) is 23.6. The molecule has 1 aliphatic carbocycles. The number of carbonyl (C=O) groups excluding carboxylic acids is 1. The van der Waals surface area contributed by atoms with E-state index in [1.807, 2.05) is 16.7 Å². The Bertz CT molecular complexity index is 1040. The highest BCUT2D eigenvalue weighted by atomic mass is 19.4. The molecular weight excluding hydrogens is 446 g/mol. The van der Waals surface area contributed by atoms with Crippen LogP contribution in [0.1, 0.15) is 34.8 Å². The number of hydrogen-bond acceptors (Lipinski definition) is 5. The van der Waals surface area contributed by atoms with Crippen molar-refractivity contribution in [2.75, 3.05) is 13.1 Å². The number of carboxylic acid groups (broad SMARTS) is 1. The molecule has 1 amide bonds. The van der Waals surface area contributed by atoms with Gasteiger partial charge in [-0.05, 0) is 30.7 Å². The van der Waals surface area contributed by atoms with Gasteiger partial charge in [0.25, 0.3) is 5.91 Å². The Balaban J connectivity index is 0.000000325. The van der Waals surface area contributed by atoms with E-state index in [1.165, 1.54) is 6.07 Å². The lowest BCUT2D eigenvalue weighted by atomic mass is 9.89. The molecule has 0 bridgehead atoms. The number of aliphatic carboxylic acids is 1. The first-order valence-corrected chi connectivity index (χ1v) is 10.6. The maximum Gasteiger partial charge on any atom is 0.490 e. The highest BCUT2D eigenvalue weighted by Crippen LogP contribution is 2.33. The lowest BCUT2D eigenvalue weighted by Gasteiger charge is -2.25. The van der Waals surface area contributed by atoms with Crippen LogP contribution in [0.2, 0.25) is 0 Å². The number of amides is 1. The van der Waals surface area contributed by atoms with E-state index in [0.717, 1.165) is 50.3 Å². The molecule has 2 unspecified atom stereocenters. The maximum atomic E-state index is 13.9. The molecule has 3 heterocycles. The number of carbonyl (C=O) groups is 2. The van der Waals surface area contributed by atoms with Crippen molar-refractivity contribution in [2.45, 2.75) is 44.6 Å². The van der Waals surface area contributed by atoms with Crippen LogP contribution < -0.4 is 5.32 Å². The summed E-state index contributed by atoms with van der Waals surface area (Å²) in [6, 6.07) is 7.29. The molecule has 1 saturated heterocycles.